The summed E-state index contributed by atoms with van der Waals surface area (Å²) in [6, 6.07) is 17.8. The van der Waals surface area contributed by atoms with Crippen LogP contribution in [0, 0.1) is 0 Å². The minimum atomic E-state index is -1.77. The molecule has 4 unspecified atom stereocenters. The Labute approximate surface area is 221 Å². The molecule has 0 radical (unpaired) electrons. The minimum absolute atomic E-state index is 0.157. The number of aliphatic hydroxyl groups excluding tert-OH is 10. The van der Waals surface area contributed by atoms with E-state index in [0.717, 1.165) is 0 Å². The van der Waals surface area contributed by atoms with Crippen molar-refractivity contribution in [3.8, 4) is 0 Å². The molecule has 0 saturated heterocycles. The molecule has 2 aromatic rings. The molecule has 0 aliphatic heterocycles. The van der Waals surface area contributed by atoms with Gasteiger partial charge in [0.1, 0.15) is 36.6 Å². The van der Waals surface area contributed by atoms with Crippen molar-refractivity contribution < 1.29 is 51.1 Å². The van der Waals surface area contributed by atoms with Gasteiger partial charge in [-0.25, -0.2) is 0 Å². The van der Waals surface area contributed by atoms with Crippen LogP contribution in [0.5, 0.6) is 0 Å². The first-order valence-corrected chi connectivity index (χ1v) is 12.4. The summed E-state index contributed by atoms with van der Waals surface area (Å²) in [6.07, 6.45) is -13.3. The molecule has 0 heterocycles. The van der Waals surface area contributed by atoms with Gasteiger partial charge in [0.15, 0.2) is 0 Å². The van der Waals surface area contributed by atoms with Gasteiger partial charge in [-0.1, -0.05) is 36.4 Å². The topological polar surface area (TPSA) is 209 Å². The first-order valence-electron chi connectivity index (χ1n) is 12.4. The van der Waals surface area contributed by atoms with E-state index in [0.29, 0.717) is 11.4 Å². The van der Waals surface area contributed by atoms with E-state index in [4.69, 9.17) is 10.2 Å². The van der Waals surface area contributed by atoms with Crippen molar-refractivity contribution in [1.29, 1.82) is 0 Å². The SMILES string of the molecule is OCC(O)[C@H](O)C(O)[C@@H](O)CN(CCN(CC(O)[C@H](O)[C@H](O)C(O)CO)c1ccccc1)c1ccccc1. The summed E-state index contributed by atoms with van der Waals surface area (Å²) in [4.78, 5) is 3.43. The molecular formula is C26H40N2O10. The van der Waals surface area contributed by atoms with Crippen LogP contribution in [-0.4, -0.2) is 139 Å². The highest BCUT2D eigenvalue weighted by Crippen LogP contribution is 2.19. The Hall–Kier alpha value is -2.36. The number of anilines is 2. The molecule has 8 atom stereocenters. The maximum atomic E-state index is 10.6. The van der Waals surface area contributed by atoms with Crippen molar-refractivity contribution in [3.63, 3.8) is 0 Å². The molecule has 38 heavy (non-hydrogen) atoms. The van der Waals surface area contributed by atoms with E-state index < -0.39 is 62.0 Å². The number of rotatable bonds is 17. The number of para-hydroxylation sites is 2. The number of aliphatic hydroxyl groups is 10. The van der Waals surface area contributed by atoms with Crippen LogP contribution in [0.3, 0.4) is 0 Å². The van der Waals surface area contributed by atoms with Crippen molar-refractivity contribution >= 4 is 11.4 Å². The van der Waals surface area contributed by atoms with Crippen LogP contribution in [0.2, 0.25) is 0 Å². The van der Waals surface area contributed by atoms with Crippen molar-refractivity contribution in [3.05, 3.63) is 60.7 Å². The summed E-state index contributed by atoms with van der Waals surface area (Å²) in [6.45, 7) is -1.45. The van der Waals surface area contributed by atoms with Crippen LogP contribution in [0.4, 0.5) is 11.4 Å². The van der Waals surface area contributed by atoms with Gasteiger partial charge < -0.3 is 60.9 Å². The Morgan fingerprint density at radius 3 is 1.03 bits per heavy atom. The van der Waals surface area contributed by atoms with Gasteiger partial charge in [0.05, 0.1) is 25.4 Å². The third kappa shape index (κ3) is 9.13. The van der Waals surface area contributed by atoms with E-state index in [1.165, 1.54) is 0 Å². The normalized spacial score (nSPS) is 18.1. The van der Waals surface area contributed by atoms with Gasteiger partial charge in [-0.05, 0) is 24.3 Å². The number of benzene rings is 2. The molecular weight excluding hydrogens is 500 g/mol. The molecule has 0 aliphatic carbocycles. The molecule has 0 fully saturated rings. The highest BCUT2D eigenvalue weighted by Gasteiger charge is 2.33. The average molecular weight is 541 g/mol. The van der Waals surface area contributed by atoms with E-state index in [2.05, 4.69) is 0 Å². The second kappa shape index (κ2) is 15.9. The molecule has 0 amide bonds. The Bertz CT molecular complexity index is 823. The Morgan fingerprint density at radius 2 is 0.737 bits per heavy atom. The van der Waals surface area contributed by atoms with Crippen molar-refractivity contribution in [2.45, 2.75) is 48.8 Å². The molecule has 0 aliphatic rings. The lowest BCUT2D eigenvalue weighted by Gasteiger charge is -2.35. The summed E-state index contributed by atoms with van der Waals surface area (Å²) >= 11 is 0. The molecule has 12 heteroatoms. The summed E-state index contributed by atoms with van der Waals surface area (Å²) in [5, 5.41) is 99.2. The molecule has 10 N–H and O–H groups in total. The zero-order valence-corrected chi connectivity index (χ0v) is 21.0. The van der Waals surface area contributed by atoms with Crippen LogP contribution in [0.15, 0.2) is 60.7 Å². The fraction of sp³-hybridized carbons (Fsp3) is 0.538. The fourth-order valence-corrected chi connectivity index (χ4v) is 3.96. The molecule has 214 valence electrons. The summed E-state index contributed by atoms with van der Waals surface area (Å²) in [5.74, 6) is 0. The van der Waals surface area contributed by atoms with Crippen molar-refractivity contribution in [2.24, 2.45) is 0 Å². The molecule has 2 aromatic carbocycles. The lowest BCUT2D eigenvalue weighted by atomic mass is 10.0. The highest BCUT2D eigenvalue weighted by molar-refractivity contribution is 5.49. The van der Waals surface area contributed by atoms with Crippen molar-refractivity contribution in [2.75, 3.05) is 49.2 Å². The van der Waals surface area contributed by atoms with Gasteiger partial charge in [-0.15, -0.1) is 0 Å². The Kier molecular flexibility index (Phi) is 13.3. The van der Waals surface area contributed by atoms with Gasteiger partial charge in [0.25, 0.3) is 0 Å². The number of hydrogen-bond donors (Lipinski definition) is 10. The van der Waals surface area contributed by atoms with E-state index in [1.807, 2.05) is 0 Å². The predicted octanol–water partition coefficient (Wildman–Crippen LogP) is -3.13. The van der Waals surface area contributed by atoms with Crippen LogP contribution in [-0.2, 0) is 0 Å². The van der Waals surface area contributed by atoms with Gasteiger partial charge >= 0.3 is 0 Å². The lowest BCUT2D eigenvalue weighted by Crippen LogP contribution is -2.52. The average Bonchev–Trinajstić information content (AvgIpc) is 2.96. The summed E-state index contributed by atoms with van der Waals surface area (Å²) in [5.41, 5.74) is 1.34. The zero-order valence-electron chi connectivity index (χ0n) is 21.0. The first kappa shape index (κ1) is 31.9. The highest BCUT2D eigenvalue weighted by atomic mass is 16.4. The first-order chi connectivity index (χ1) is 18.1. The standard InChI is InChI=1S/C26H40N2O10/c29-15-21(33)25(37)23(35)19(31)13-27(17-7-3-1-4-8-17)11-12-28(18-9-5-2-6-10-18)14-20(32)24(36)26(38)22(34)16-30/h1-10,19-26,29-38H,11-16H2/t19-,20?,21?,22?,23?,24-,25-,26+/m0/s1. The monoisotopic (exact) mass is 540 g/mol. The predicted molar refractivity (Wildman–Crippen MR) is 140 cm³/mol. The van der Waals surface area contributed by atoms with Gasteiger partial charge in [0.2, 0.25) is 0 Å². The van der Waals surface area contributed by atoms with E-state index in [-0.39, 0.29) is 26.2 Å². The second-order valence-corrected chi connectivity index (χ2v) is 9.16. The molecule has 0 spiro atoms. The quantitative estimate of drug-likeness (QED) is 0.0966. The zero-order chi connectivity index (χ0) is 28.2. The Morgan fingerprint density at radius 1 is 0.447 bits per heavy atom. The second-order valence-electron chi connectivity index (χ2n) is 9.16. The van der Waals surface area contributed by atoms with Crippen LogP contribution >= 0.6 is 0 Å². The fourth-order valence-electron chi connectivity index (χ4n) is 3.96. The van der Waals surface area contributed by atoms with Gasteiger partial charge in [-0.3, -0.25) is 0 Å². The lowest BCUT2D eigenvalue weighted by molar-refractivity contribution is -0.113. The summed E-state index contributed by atoms with van der Waals surface area (Å²) < 4.78 is 0. The van der Waals surface area contributed by atoms with Crippen molar-refractivity contribution in [1.82, 2.24) is 0 Å². The smallest absolute Gasteiger partial charge is 0.111 e. The van der Waals surface area contributed by atoms with Crippen LogP contribution < -0.4 is 9.80 Å². The van der Waals surface area contributed by atoms with Gasteiger partial charge in [-0.2, -0.15) is 0 Å². The maximum absolute atomic E-state index is 10.6. The molecule has 0 saturated carbocycles. The van der Waals surface area contributed by atoms with Crippen LogP contribution in [0.25, 0.3) is 0 Å². The number of nitrogens with zero attached hydrogens (tertiary/aromatic N) is 2. The molecule has 0 bridgehead atoms. The maximum Gasteiger partial charge on any atom is 0.111 e. The largest absolute Gasteiger partial charge is 0.394 e. The van der Waals surface area contributed by atoms with E-state index in [1.54, 1.807) is 70.5 Å². The molecule has 0 aromatic heterocycles. The summed E-state index contributed by atoms with van der Waals surface area (Å²) in [7, 11) is 0. The van der Waals surface area contributed by atoms with E-state index in [9.17, 15) is 40.9 Å². The van der Waals surface area contributed by atoms with Gasteiger partial charge in [0, 0.05) is 37.6 Å². The molecule has 12 nitrogen and oxygen atoms in total. The van der Waals surface area contributed by atoms with E-state index >= 15 is 0 Å². The molecule has 2 rings (SSSR count). The Balaban J connectivity index is 2.21. The number of hydrogen-bond acceptors (Lipinski definition) is 12. The van der Waals surface area contributed by atoms with Crippen LogP contribution in [0.1, 0.15) is 0 Å². The third-order valence-corrected chi connectivity index (χ3v) is 6.35. The minimum Gasteiger partial charge on any atom is -0.394 e. The third-order valence-electron chi connectivity index (χ3n) is 6.35.